The Bertz CT molecular complexity index is 360. The first kappa shape index (κ1) is 19.2. The van der Waals surface area contributed by atoms with Crippen molar-refractivity contribution < 1.29 is 19.5 Å². The lowest BCUT2D eigenvalue weighted by Gasteiger charge is -2.26. The van der Waals surface area contributed by atoms with Gasteiger partial charge in [0.1, 0.15) is 6.04 Å². The number of carboxylic acid groups (broad SMARTS) is 1. The van der Waals surface area contributed by atoms with E-state index < -0.39 is 23.9 Å². The number of carbonyl (C=O) groups is 3. The summed E-state index contributed by atoms with van der Waals surface area (Å²) in [5.41, 5.74) is 5.00. The number of hydrogen-bond donors (Lipinski definition) is 3. The van der Waals surface area contributed by atoms with E-state index in [2.05, 4.69) is 5.32 Å². The largest absolute Gasteiger partial charge is 0.480 e. The highest BCUT2D eigenvalue weighted by Gasteiger charge is 2.23. The molecule has 0 aromatic heterocycles. The molecule has 1 atom stereocenters. The molecule has 0 spiro atoms. The van der Waals surface area contributed by atoms with Gasteiger partial charge in [0, 0.05) is 26.1 Å². The summed E-state index contributed by atoms with van der Waals surface area (Å²) in [7, 11) is 3.80. The maximum atomic E-state index is 12.1. The Morgan fingerprint density at radius 2 is 1.81 bits per heavy atom. The fourth-order valence-corrected chi connectivity index (χ4v) is 1.69. The maximum Gasteiger partial charge on any atom is 0.326 e. The van der Waals surface area contributed by atoms with Gasteiger partial charge in [-0.05, 0) is 26.9 Å². The van der Waals surface area contributed by atoms with Gasteiger partial charge in [0.2, 0.25) is 5.91 Å². The van der Waals surface area contributed by atoms with E-state index in [0.29, 0.717) is 19.6 Å². The average Bonchev–Trinajstić information content (AvgIpc) is 2.38. The third-order valence-corrected chi connectivity index (χ3v) is 2.87. The van der Waals surface area contributed by atoms with E-state index in [-0.39, 0.29) is 12.8 Å². The van der Waals surface area contributed by atoms with Crippen LogP contribution in [0.5, 0.6) is 0 Å². The van der Waals surface area contributed by atoms with Gasteiger partial charge in [-0.25, -0.2) is 9.59 Å². The van der Waals surface area contributed by atoms with Crippen LogP contribution in [0.25, 0.3) is 0 Å². The molecule has 0 aromatic carbocycles. The Hall–Kier alpha value is -1.83. The van der Waals surface area contributed by atoms with Crippen molar-refractivity contribution >= 4 is 17.9 Å². The number of rotatable bonds is 10. The van der Waals surface area contributed by atoms with E-state index in [4.69, 9.17) is 10.8 Å². The normalized spacial score (nSPS) is 12.0. The number of nitrogens with two attached hydrogens (primary N) is 1. The number of nitrogens with one attached hydrogen (secondary N) is 1. The van der Waals surface area contributed by atoms with Crippen molar-refractivity contribution in [3.63, 3.8) is 0 Å². The molecule has 0 aromatic rings. The van der Waals surface area contributed by atoms with E-state index in [0.717, 1.165) is 6.42 Å². The van der Waals surface area contributed by atoms with Crippen LogP contribution in [0.2, 0.25) is 0 Å². The first-order valence-electron chi connectivity index (χ1n) is 6.99. The summed E-state index contributed by atoms with van der Waals surface area (Å²) in [6.45, 7) is 3.68. The highest BCUT2D eigenvalue weighted by Crippen LogP contribution is 2.01. The van der Waals surface area contributed by atoms with Gasteiger partial charge < -0.3 is 26.0 Å². The lowest BCUT2D eigenvalue weighted by atomic mass is 10.1. The van der Waals surface area contributed by atoms with Crippen molar-refractivity contribution in [2.24, 2.45) is 5.73 Å². The van der Waals surface area contributed by atoms with Gasteiger partial charge in [0.15, 0.2) is 0 Å². The van der Waals surface area contributed by atoms with Crippen LogP contribution in [-0.2, 0) is 9.59 Å². The smallest absolute Gasteiger partial charge is 0.326 e. The van der Waals surface area contributed by atoms with Gasteiger partial charge >= 0.3 is 12.0 Å². The molecule has 21 heavy (non-hydrogen) atoms. The molecule has 0 aliphatic rings. The average molecular weight is 302 g/mol. The van der Waals surface area contributed by atoms with Gasteiger partial charge in [0.05, 0.1) is 0 Å². The van der Waals surface area contributed by atoms with E-state index >= 15 is 0 Å². The zero-order chi connectivity index (χ0) is 16.4. The van der Waals surface area contributed by atoms with Crippen LogP contribution < -0.4 is 11.1 Å². The number of hydrogen-bond acceptors (Lipinski definition) is 4. The molecule has 0 unspecified atom stereocenters. The van der Waals surface area contributed by atoms with E-state index in [1.807, 2.05) is 25.9 Å². The summed E-state index contributed by atoms with van der Waals surface area (Å²) < 4.78 is 0. The van der Waals surface area contributed by atoms with Gasteiger partial charge in [0.25, 0.3) is 0 Å². The third kappa shape index (κ3) is 8.85. The second kappa shape index (κ2) is 9.98. The zero-order valence-corrected chi connectivity index (χ0v) is 13.0. The molecule has 122 valence electrons. The molecule has 0 rings (SSSR count). The van der Waals surface area contributed by atoms with Gasteiger partial charge in [-0.1, -0.05) is 6.92 Å². The number of urea groups is 1. The fourth-order valence-electron chi connectivity index (χ4n) is 1.69. The topological polar surface area (TPSA) is 116 Å². The van der Waals surface area contributed by atoms with Crippen molar-refractivity contribution in [3.8, 4) is 0 Å². The minimum Gasteiger partial charge on any atom is -0.480 e. The molecular weight excluding hydrogens is 276 g/mol. The molecule has 0 fully saturated rings. The van der Waals surface area contributed by atoms with Crippen LogP contribution >= 0.6 is 0 Å². The van der Waals surface area contributed by atoms with E-state index in [1.165, 1.54) is 0 Å². The van der Waals surface area contributed by atoms with Crippen molar-refractivity contribution in [2.75, 3.05) is 33.7 Å². The molecule has 0 saturated carbocycles. The summed E-state index contributed by atoms with van der Waals surface area (Å²) in [6, 6.07) is -1.54. The van der Waals surface area contributed by atoms with E-state index in [1.54, 1.807) is 4.90 Å². The molecule has 8 nitrogen and oxygen atoms in total. The predicted octanol–water partition coefficient (Wildman–Crippen LogP) is -0.312. The summed E-state index contributed by atoms with van der Waals surface area (Å²) in [5, 5.41) is 11.5. The Labute approximate surface area is 125 Å². The van der Waals surface area contributed by atoms with Gasteiger partial charge in [-0.3, -0.25) is 4.79 Å². The molecule has 0 bridgehead atoms. The quantitative estimate of drug-likeness (QED) is 0.512. The number of carbonyl (C=O) groups excluding carboxylic acids is 2. The summed E-state index contributed by atoms with van der Waals surface area (Å²) in [4.78, 5) is 37.5. The highest BCUT2D eigenvalue weighted by atomic mass is 16.4. The van der Waals surface area contributed by atoms with Crippen LogP contribution in [0.4, 0.5) is 4.79 Å². The molecule has 0 aliphatic carbocycles. The fraction of sp³-hybridized carbons (Fsp3) is 0.769. The maximum absolute atomic E-state index is 12.1. The number of amides is 3. The Balaban J connectivity index is 4.58. The molecular formula is C13H26N4O4. The van der Waals surface area contributed by atoms with Crippen molar-refractivity contribution in [1.29, 1.82) is 0 Å². The molecule has 0 radical (unpaired) electrons. The second-order valence-electron chi connectivity index (χ2n) is 5.14. The zero-order valence-electron chi connectivity index (χ0n) is 13.0. The SMILES string of the molecule is CCCN(CCN(C)C)C(=O)N[C@H](CCC(N)=O)C(=O)O. The lowest BCUT2D eigenvalue weighted by molar-refractivity contribution is -0.139. The second-order valence-corrected chi connectivity index (χ2v) is 5.14. The van der Waals surface area contributed by atoms with Crippen molar-refractivity contribution in [1.82, 2.24) is 15.1 Å². The third-order valence-electron chi connectivity index (χ3n) is 2.87. The minimum atomic E-state index is -1.17. The standard InChI is InChI=1S/C13H26N4O4/c1-4-7-17(9-8-16(2)3)13(21)15-10(12(19)20)5-6-11(14)18/h10H,4-9H2,1-3H3,(H2,14,18)(H,15,21)(H,19,20)/t10-/m1/s1. The molecule has 3 amide bonds. The van der Waals surface area contributed by atoms with Crippen LogP contribution in [-0.4, -0.2) is 72.6 Å². The monoisotopic (exact) mass is 302 g/mol. The molecule has 0 aliphatic heterocycles. The van der Waals surface area contributed by atoms with Crippen LogP contribution in [0, 0.1) is 0 Å². The first-order valence-corrected chi connectivity index (χ1v) is 6.99. The number of aliphatic carboxylic acids is 1. The molecule has 0 heterocycles. The first-order chi connectivity index (χ1) is 9.77. The molecule has 4 N–H and O–H groups in total. The lowest BCUT2D eigenvalue weighted by Crippen LogP contribution is -2.49. The van der Waals surface area contributed by atoms with E-state index in [9.17, 15) is 14.4 Å². The number of nitrogens with zero attached hydrogens (tertiary/aromatic N) is 2. The van der Waals surface area contributed by atoms with Crippen molar-refractivity contribution in [2.45, 2.75) is 32.2 Å². The Kier molecular flexibility index (Phi) is 9.11. The van der Waals surface area contributed by atoms with Gasteiger partial charge in [-0.15, -0.1) is 0 Å². The number of carboxylic acids is 1. The molecule has 8 heteroatoms. The summed E-state index contributed by atoms with van der Waals surface area (Å²) >= 11 is 0. The number of likely N-dealkylation sites (N-methyl/N-ethyl adjacent to an activating group) is 1. The van der Waals surface area contributed by atoms with Crippen LogP contribution in [0.15, 0.2) is 0 Å². The predicted molar refractivity (Wildman–Crippen MR) is 78.8 cm³/mol. The minimum absolute atomic E-state index is 0.00987. The van der Waals surface area contributed by atoms with Crippen LogP contribution in [0.3, 0.4) is 0 Å². The Morgan fingerprint density at radius 1 is 1.19 bits per heavy atom. The van der Waals surface area contributed by atoms with Crippen LogP contribution in [0.1, 0.15) is 26.2 Å². The molecule has 0 saturated heterocycles. The van der Waals surface area contributed by atoms with Gasteiger partial charge in [-0.2, -0.15) is 0 Å². The Morgan fingerprint density at radius 3 is 2.24 bits per heavy atom. The summed E-state index contributed by atoms with van der Waals surface area (Å²) in [6.07, 6.45) is 0.687. The van der Waals surface area contributed by atoms with Crippen molar-refractivity contribution in [3.05, 3.63) is 0 Å². The summed E-state index contributed by atoms with van der Waals surface area (Å²) in [5.74, 6) is -1.76. The highest BCUT2D eigenvalue weighted by molar-refractivity contribution is 5.83. The number of primary amides is 1.